The van der Waals surface area contributed by atoms with Crippen molar-refractivity contribution in [1.29, 1.82) is 0 Å². The molecule has 1 aromatic heterocycles. The van der Waals surface area contributed by atoms with Crippen molar-refractivity contribution in [3.8, 4) is 0 Å². The number of likely N-dealkylation sites (tertiary alicyclic amines) is 1. The fourth-order valence-corrected chi connectivity index (χ4v) is 5.78. The van der Waals surface area contributed by atoms with Crippen molar-refractivity contribution in [3.63, 3.8) is 0 Å². The zero-order valence-electron chi connectivity index (χ0n) is 19.2. The van der Waals surface area contributed by atoms with Crippen LogP contribution in [0.5, 0.6) is 0 Å². The van der Waals surface area contributed by atoms with Gasteiger partial charge in [-0.15, -0.1) is 0 Å². The number of aryl methyl sites for hydroxylation is 2. The van der Waals surface area contributed by atoms with Gasteiger partial charge in [0.2, 0.25) is 11.8 Å². The molecule has 6 heteroatoms. The highest BCUT2D eigenvalue weighted by Crippen LogP contribution is 2.50. The van der Waals surface area contributed by atoms with E-state index in [0.29, 0.717) is 18.2 Å². The maximum Gasteiger partial charge on any atom is 0.234 e. The summed E-state index contributed by atoms with van der Waals surface area (Å²) in [4.78, 5) is 19.8. The summed E-state index contributed by atoms with van der Waals surface area (Å²) in [5, 5.41) is 7.40. The number of nitrogens with zero attached hydrogens (tertiary/aromatic N) is 3. The van der Waals surface area contributed by atoms with Crippen LogP contribution < -0.4 is 5.32 Å². The number of fused-ring (bicyclic) bond motifs is 1. The first-order valence-electron chi connectivity index (χ1n) is 12.0. The third-order valence-electron chi connectivity index (χ3n) is 7.23. The van der Waals surface area contributed by atoms with Gasteiger partial charge in [0.25, 0.3) is 0 Å². The number of benzene rings is 2. The lowest BCUT2D eigenvalue weighted by atomic mass is 9.80. The van der Waals surface area contributed by atoms with Crippen LogP contribution >= 0.6 is 0 Å². The van der Waals surface area contributed by atoms with Crippen LogP contribution in [0.4, 0.5) is 0 Å². The van der Waals surface area contributed by atoms with Gasteiger partial charge in [-0.3, -0.25) is 9.69 Å². The van der Waals surface area contributed by atoms with Crippen molar-refractivity contribution < 1.29 is 9.32 Å². The smallest absolute Gasteiger partial charge is 0.234 e. The van der Waals surface area contributed by atoms with Crippen LogP contribution in [0, 0.1) is 12.8 Å². The molecule has 0 spiro atoms. The number of amides is 1. The largest absolute Gasteiger partial charge is 0.353 e. The van der Waals surface area contributed by atoms with E-state index in [1.807, 2.05) is 25.1 Å². The van der Waals surface area contributed by atoms with E-state index in [-0.39, 0.29) is 17.4 Å². The number of hydrogen-bond acceptors (Lipinski definition) is 5. The average molecular weight is 445 g/mol. The molecule has 1 saturated carbocycles. The highest BCUT2D eigenvalue weighted by Gasteiger charge is 2.57. The Balaban J connectivity index is 1.22. The molecule has 172 valence electrons. The Bertz CT molecular complexity index is 1070. The minimum atomic E-state index is -0.183. The SMILES string of the molecule is Cc1noc([C@]23C[C@H](NC(=O)CCCc4ccccc4)C[C@H]2CN(Cc2ccccc2)C3)n1. The molecular formula is C27H32N4O2. The Morgan fingerprint density at radius 3 is 2.55 bits per heavy atom. The van der Waals surface area contributed by atoms with Crippen molar-refractivity contribution in [3.05, 3.63) is 83.5 Å². The Hall–Kier alpha value is -2.99. The Labute approximate surface area is 195 Å². The molecule has 1 saturated heterocycles. The molecule has 1 aliphatic carbocycles. The van der Waals surface area contributed by atoms with E-state index < -0.39 is 0 Å². The van der Waals surface area contributed by atoms with Gasteiger partial charge in [0.05, 0.1) is 5.41 Å². The van der Waals surface area contributed by atoms with Gasteiger partial charge in [-0.1, -0.05) is 65.8 Å². The van der Waals surface area contributed by atoms with E-state index in [2.05, 4.69) is 62.8 Å². The van der Waals surface area contributed by atoms with Gasteiger partial charge in [0.15, 0.2) is 5.82 Å². The van der Waals surface area contributed by atoms with Crippen LogP contribution in [0.3, 0.4) is 0 Å². The van der Waals surface area contributed by atoms with Gasteiger partial charge in [0, 0.05) is 32.1 Å². The number of aromatic nitrogens is 2. The Morgan fingerprint density at radius 2 is 1.85 bits per heavy atom. The van der Waals surface area contributed by atoms with Crippen LogP contribution in [0.1, 0.15) is 48.5 Å². The second-order valence-electron chi connectivity index (χ2n) is 9.70. The van der Waals surface area contributed by atoms with Crippen molar-refractivity contribution in [1.82, 2.24) is 20.4 Å². The topological polar surface area (TPSA) is 71.3 Å². The molecule has 33 heavy (non-hydrogen) atoms. The lowest BCUT2D eigenvalue weighted by Crippen LogP contribution is -2.38. The zero-order valence-corrected chi connectivity index (χ0v) is 19.2. The predicted molar refractivity (Wildman–Crippen MR) is 126 cm³/mol. The second kappa shape index (κ2) is 9.48. The third-order valence-corrected chi connectivity index (χ3v) is 7.23. The Morgan fingerprint density at radius 1 is 1.12 bits per heavy atom. The van der Waals surface area contributed by atoms with Gasteiger partial charge in [-0.05, 0) is 49.7 Å². The van der Waals surface area contributed by atoms with E-state index in [9.17, 15) is 4.79 Å². The van der Waals surface area contributed by atoms with E-state index in [1.165, 1.54) is 11.1 Å². The fraction of sp³-hybridized carbons (Fsp3) is 0.444. The summed E-state index contributed by atoms with van der Waals surface area (Å²) in [5.74, 6) is 1.96. The minimum Gasteiger partial charge on any atom is -0.353 e. The number of carbonyl (C=O) groups excluding carboxylic acids is 1. The van der Waals surface area contributed by atoms with Crippen molar-refractivity contribution in [2.24, 2.45) is 5.92 Å². The summed E-state index contributed by atoms with van der Waals surface area (Å²) in [6.07, 6.45) is 4.17. The molecule has 1 aliphatic heterocycles. The summed E-state index contributed by atoms with van der Waals surface area (Å²) in [6.45, 7) is 4.66. The monoisotopic (exact) mass is 444 g/mol. The molecule has 2 aromatic carbocycles. The lowest BCUT2D eigenvalue weighted by Gasteiger charge is -2.25. The van der Waals surface area contributed by atoms with E-state index >= 15 is 0 Å². The van der Waals surface area contributed by atoms with Crippen molar-refractivity contribution in [2.75, 3.05) is 13.1 Å². The lowest BCUT2D eigenvalue weighted by molar-refractivity contribution is -0.121. The second-order valence-corrected chi connectivity index (χ2v) is 9.70. The molecule has 0 radical (unpaired) electrons. The van der Waals surface area contributed by atoms with Gasteiger partial charge in [0.1, 0.15) is 0 Å². The first kappa shape index (κ1) is 21.8. The normalized spacial score (nSPS) is 24.6. The number of carbonyl (C=O) groups is 1. The molecular weight excluding hydrogens is 412 g/mol. The molecule has 1 N–H and O–H groups in total. The van der Waals surface area contributed by atoms with Crippen LogP contribution in [0.15, 0.2) is 65.2 Å². The molecule has 1 amide bonds. The predicted octanol–water partition coefficient (Wildman–Crippen LogP) is 4.05. The first-order chi connectivity index (χ1) is 16.1. The number of rotatable bonds is 8. The average Bonchev–Trinajstić information content (AvgIpc) is 3.48. The van der Waals surface area contributed by atoms with Crippen LogP contribution in [-0.2, 0) is 23.2 Å². The van der Waals surface area contributed by atoms with Gasteiger partial charge >= 0.3 is 0 Å². The van der Waals surface area contributed by atoms with Gasteiger partial charge < -0.3 is 9.84 Å². The molecule has 3 atom stereocenters. The molecule has 0 bridgehead atoms. The van der Waals surface area contributed by atoms with Crippen LogP contribution in [-0.4, -0.2) is 40.1 Å². The number of hydrogen-bond donors (Lipinski definition) is 1. The molecule has 2 aliphatic rings. The van der Waals surface area contributed by atoms with Crippen LogP contribution in [0.2, 0.25) is 0 Å². The summed E-state index contributed by atoms with van der Waals surface area (Å²) in [5.41, 5.74) is 2.42. The summed E-state index contributed by atoms with van der Waals surface area (Å²) < 4.78 is 5.72. The zero-order chi connectivity index (χ0) is 22.7. The molecule has 5 rings (SSSR count). The van der Waals surface area contributed by atoms with Crippen molar-refractivity contribution >= 4 is 5.91 Å². The highest BCUT2D eigenvalue weighted by atomic mass is 16.5. The number of nitrogens with one attached hydrogen (secondary N) is 1. The molecule has 3 aromatic rings. The van der Waals surface area contributed by atoms with E-state index in [0.717, 1.165) is 51.2 Å². The molecule has 6 nitrogen and oxygen atoms in total. The molecule has 0 unspecified atom stereocenters. The van der Waals surface area contributed by atoms with Gasteiger partial charge in [-0.25, -0.2) is 0 Å². The van der Waals surface area contributed by atoms with Gasteiger partial charge in [-0.2, -0.15) is 4.98 Å². The standard InChI is InChI=1S/C27H32N4O2/c1-20-28-26(33-30-20)27-16-24(29-25(32)14-8-13-21-9-4-2-5-10-21)15-23(27)18-31(19-27)17-22-11-6-3-7-12-22/h2-7,9-12,23-24H,8,13-19H2,1H3,(H,29,32)/t23-,24+,27-/m0/s1. The molecule has 2 heterocycles. The summed E-state index contributed by atoms with van der Waals surface area (Å²) in [6, 6.07) is 21.1. The highest BCUT2D eigenvalue weighted by molar-refractivity contribution is 5.76. The van der Waals surface area contributed by atoms with Crippen LogP contribution in [0.25, 0.3) is 0 Å². The third kappa shape index (κ3) is 4.86. The van der Waals surface area contributed by atoms with E-state index in [1.54, 1.807) is 0 Å². The minimum absolute atomic E-state index is 0.147. The van der Waals surface area contributed by atoms with Crippen molar-refractivity contribution in [2.45, 2.75) is 57.0 Å². The maximum absolute atomic E-state index is 12.7. The summed E-state index contributed by atoms with van der Waals surface area (Å²) >= 11 is 0. The summed E-state index contributed by atoms with van der Waals surface area (Å²) in [7, 11) is 0. The molecule has 2 fully saturated rings. The Kier molecular flexibility index (Phi) is 6.27. The first-order valence-corrected chi connectivity index (χ1v) is 12.0. The maximum atomic E-state index is 12.7. The fourth-order valence-electron chi connectivity index (χ4n) is 5.78. The van der Waals surface area contributed by atoms with E-state index in [4.69, 9.17) is 4.52 Å². The quantitative estimate of drug-likeness (QED) is 0.568.